The monoisotopic (exact) mass is 384 g/mol. The molecule has 144 valence electrons. The smallest absolute Gasteiger partial charge is 0.269 e. The lowest BCUT2D eigenvalue weighted by Gasteiger charge is -2.35. The van der Waals surface area contributed by atoms with Crippen molar-refractivity contribution in [2.45, 2.75) is 13.8 Å². The van der Waals surface area contributed by atoms with E-state index in [4.69, 9.17) is 0 Å². The van der Waals surface area contributed by atoms with Crippen LogP contribution in [0.3, 0.4) is 0 Å². The fourth-order valence-electron chi connectivity index (χ4n) is 3.17. The van der Waals surface area contributed by atoms with E-state index in [2.05, 4.69) is 0 Å². The Morgan fingerprint density at radius 1 is 0.750 bits per heavy atom. The Morgan fingerprint density at radius 3 is 1.39 bits per heavy atom. The van der Waals surface area contributed by atoms with E-state index in [1.165, 1.54) is 46.2 Å². The minimum Gasteiger partial charge on any atom is -0.301 e. The van der Waals surface area contributed by atoms with Crippen molar-refractivity contribution in [3.63, 3.8) is 0 Å². The summed E-state index contributed by atoms with van der Waals surface area (Å²) in [5.41, 5.74) is 1.69. The first kappa shape index (κ1) is 19.0. The van der Waals surface area contributed by atoms with Crippen molar-refractivity contribution in [3.05, 3.63) is 67.8 Å². The van der Waals surface area contributed by atoms with Crippen LogP contribution in [0.5, 0.6) is 0 Å². The molecule has 0 spiro atoms. The quantitative estimate of drug-likeness (QED) is 0.589. The van der Waals surface area contributed by atoms with Gasteiger partial charge in [0.05, 0.1) is 9.85 Å². The third kappa shape index (κ3) is 3.39. The number of non-ortho nitro benzene ring substituents is 2. The van der Waals surface area contributed by atoms with Crippen LogP contribution >= 0.6 is 0 Å². The second-order valence-electron chi connectivity index (χ2n) is 6.42. The van der Waals surface area contributed by atoms with E-state index in [-0.39, 0.29) is 36.3 Å². The van der Waals surface area contributed by atoms with E-state index in [0.29, 0.717) is 22.5 Å². The number of hydrogen-bond donors (Lipinski definition) is 0. The second kappa shape index (κ2) is 7.06. The highest BCUT2D eigenvalue weighted by Gasteiger charge is 2.33. The standard InChI is InChI=1S/C18H16N4O6/c1-11-7-13(21(25)26)3-5-15(11)19-9-18(24)20(10-17(19)23)16-6-4-14(22(27)28)8-12(16)2/h3-8H,9-10H2,1-2H3. The molecule has 2 aromatic rings. The van der Waals surface area contributed by atoms with Crippen LogP contribution in [-0.2, 0) is 9.59 Å². The molecule has 2 aromatic carbocycles. The van der Waals surface area contributed by atoms with Crippen LogP contribution in [0.25, 0.3) is 0 Å². The van der Waals surface area contributed by atoms with Gasteiger partial charge in [-0.2, -0.15) is 0 Å². The van der Waals surface area contributed by atoms with Crippen molar-refractivity contribution in [1.82, 2.24) is 0 Å². The van der Waals surface area contributed by atoms with Gasteiger partial charge in [-0.15, -0.1) is 0 Å². The fourth-order valence-corrected chi connectivity index (χ4v) is 3.17. The maximum atomic E-state index is 12.7. The molecule has 0 atom stereocenters. The Balaban J connectivity index is 1.87. The summed E-state index contributed by atoms with van der Waals surface area (Å²) in [6.45, 7) is 2.81. The first-order chi connectivity index (χ1) is 13.2. The molecule has 10 nitrogen and oxygen atoms in total. The average Bonchev–Trinajstić information content (AvgIpc) is 2.63. The SMILES string of the molecule is Cc1cc([N+](=O)[O-])ccc1N1CC(=O)N(c2ccc([N+](=O)[O-])cc2C)CC1=O. The van der Waals surface area contributed by atoms with Gasteiger partial charge >= 0.3 is 0 Å². The summed E-state index contributed by atoms with van der Waals surface area (Å²) in [5, 5.41) is 21.8. The maximum Gasteiger partial charge on any atom is 0.269 e. The molecule has 2 amide bonds. The van der Waals surface area contributed by atoms with Crippen molar-refractivity contribution in [2.24, 2.45) is 0 Å². The first-order valence-corrected chi connectivity index (χ1v) is 8.30. The van der Waals surface area contributed by atoms with Crippen molar-refractivity contribution in [3.8, 4) is 0 Å². The van der Waals surface area contributed by atoms with Gasteiger partial charge < -0.3 is 9.80 Å². The summed E-state index contributed by atoms with van der Waals surface area (Å²) >= 11 is 0. The normalized spacial score (nSPS) is 14.4. The number of piperazine rings is 1. The summed E-state index contributed by atoms with van der Waals surface area (Å²) in [5.74, 6) is -0.705. The van der Waals surface area contributed by atoms with Gasteiger partial charge in [0.1, 0.15) is 13.1 Å². The zero-order valence-electron chi connectivity index (χ0n) is 15.1. The van der Waals surface area contributed by atoms with Crippen molar-refractivity contribution in [2.75, 3.05) is 22.9 Å². The Kier molecular flexibility index (Phi) is 4.78. The van der Waals surface area contributed by atoms with Gasteiger partial charge in [-0.3, -0.25) is 29.8 Å². The summed E-state index contributed by atoms with van der Waals surface area (Å²) in [6.07, 6.45) is 0. The van der Waals surface area contributed by atoms with Gasteiger partial charge in [-0.05, 0) is 37.1 Å². The van der Waals surface area contributed by atoms with Gasteiger partial charge in [0.2, 0.25) is 11.8 Å². The van der Waals surface area contributed by atoms with E-state index in [0.717, 1.165) is 0 Å². The number of nitro benzene ring substituents is 2. The van der Waals surface area contributed by atoms with E-state index < -0.39 is 9.85 Å². The number of benzene rings is 2. The molecule has 1 aliphatic heterocycles. The van der Waals surface area contributed by atoms with E-state index in [1.807, 2.05) is 0 Å². The van der Waals surface area contributed by atoms with Crippen molar-refractivity contribution in [1.29, 1.82) is 0 Å². The number of carbonyl (C=O) groups is 2. The van der Waals surface area contributed by atoms with Crippen molar-refractivity contribution < 1.29 is 19.4 Å². The highest BCUT2D eigenvalue weighted by atomic mass is 16.6. The number of amides is 2. The largest absolute Gasteiger partial charge is 0.301 e. The number of hydrogen-bond acceptors (Lipinski definition) is 6. The Morgan fingerprint density at radius 2 is 1.11 bits per heavy atom. The number of anilines is 2. The second-order valence-corrected chi connectivity index (χ2v) is 6.42. The third-order valence-corrected chi connectivity index (χ3v) is 4.55. The molecule has 10 heteroatoms. The van der Waals surface area contributed by atoms with Gasteiger partial charge in [-0.1, -0.05) is 0 Å². The van der Waals surface area contributed by atoms with E-state index >= 15 is 0 Å². The molecule has 1 fully saturated rings. The lowest BCUT2D eigenvalue weighted by Crippen LogP contribution is -2.54. The van der Waals surface area contributed by atoms with Crippen LogP contribution in [0.4, 0.5) is 22.7 Å². The molecule has 1 heterocycles. The molecule has 0 aliphatic carbocycles. The molecule has 0 saturated carbocycles. The number of rotatable bonds is 4. The van der Waals surface area contributed by atoms with Crippen LogP contribution in [0, 0.1) is 34.1 Å². The van der Waals surface area contributed by atoms with Gasteiger partial charge in [0, 0.05) is 35.6 Å². The topological polar surface area (TPSA) is 127 Å². The highest BCUT2D eigenvalue weighted by molar-refractivity contribution is 6.12. The van der Waals surface area contributed by atoms with Crippen LogP contribution < -0.4 is 9.80 Å². The minimum absolute atomic E-state index is 0.0971. The van der Waals surface area contributed by atoms with E-state index in [1.54, 1.807) is 13.8 Å². The zero-order valence-corrected chi connectivity index (χ0v) is 15.1. The van der Waals surface area contributed by atoms with Gasteiger partial charge in [-0.25, -0.2) is 0 Å². The number of carbonyl (C=O) groups excluding carboxylic acids is 2. The lowest BCUT2D eigenvalue weighted by molar-refractivity contribution is -0.385. The number of nitrogens with zero attached hydrogens (tertiary/aromatic N) is 4. The minimum atomic E-state index is -0.529. The molecule has 0 bridgehead atoms. The molecule has 0 aromatic heterocycles. The summed E-state index contributed by atoms with van der Waals surface area (Å²) in [4.78, 5) is 48.6. The predicted octanol–water partition coefficient (Wildman–Crippen LogP) is 2.50. The van der Waals surface area contributed by atoms with Gasteiger partial charge in [0.15, 0.2) is 0 Å². The van der Waals surface area contributed by atoms with Crippen LogP contribution in [0.15, 0.2) is 36.4 Å². The summed E-state index contributed by atoms with van der Waals surface area (Å²) < 4.78 is 0. The number of aryl methyl sites for hydroxylation is 2. The summed E-state index contributed by atoms with van der Waals surface area (Å²) in [7, 11) is 0. The van der Waals surface area contributed by atoms with Crippen LogP contribution in [-0.4, -0.2) is 34.8 Å². The molecular weight excluding hydrogens is 368 g/mol. The molecule has 28 heavy (non-hydrogen) atoms. The lowest BCUT2D eigenvalue weighted by atomic mass is 10.1. The Bertz CT molecular complexity index is 938. The zero-order chi connectivity index (χ0) is 20.6. The van der Waals surface area contributed by atoms with Crippen molar-refractivity contribution >= 4 is 34.6 Å². The molecular formula is C18H16N4O6. The van der Waals surface area contributed by atoms with Gasteiger partial charge in [0.25, 0.3) is 11.4 Å². The summed E-state index contributed by atoms with van der Waals surface area (Å²) in [6, 6.07) is 8.16. The molecule has 3 rings (SSSR count). The Hall–Kier alpha value is -3.82. The fraction of sp³-hybridized carbons (Fsp3) is 0.222. The predicted molar refractivity (Wildman–Crippen MR) is 100 cm³/mol. The molecule has 1 aliphatic rings. The Labute approximate surface area is 159 Å². The first-order valence-electron chi connectivity index (χ1n) is 8.30. The molecule has 0 radical (unpaired) electrons. The van der Waals surface area contributed by atoms with E-state index in [9.17, 15) is 29.8 Å². The average molecular weight is 384 g/mol. The molecule has 0 N–H and O–H groups in total. The molecule has 0 unspecified atom stereocenters. The third-order valence-electron chi connectivity index (χ3n) is 4.55. The number of nitro groups is 2. The molecule has 1 saturated heterocycles. The van der Waals surface area contributed by atoms with Crippen LogP contribution in [0.1, 0.15) is 11.1 Å². The maximum absolute atomic E-state index is 12.7. The highest BCUT2D eigenvalue weighted by Crippen LogP contribution is 2.30. The van der Waals surface area contributed by atoms with Crippen LogP contribution in [0.2, 0.25) is 0 Å².